The number of rotatable bonds is 9. The second kappa shape index (κ2) is 11.8. The van der Waals surface area contributed by atoms with E-state index in [1.165, 1.54) is 12.5 Å². The highest BCUT2D eigenvalue weighted by Gasteiger charge is 2.19. The lowest BCUT2D eigenvalue weighted by Gasteiger charge is -2.34. The molecule has 0 spiro atoms. The molecule has 0 aliphatic carbocycles. The Hall–Kier alpha value is -2.70. The minimum atomic E-state index is -0.335. The Bertz CT molecular complexity index is 889. The van der Waals surface area contributed by atoms with Crippen LogP contribution in [0, 0.1) is 6.92 Å². The first-order valence-electron chi connectivity index (χ1n) is 11.6. The van der Waals surface area contributed by atoms with Gasteiger partial charge in [0.15, 0.2) is 0 Å². The fourth-order valence-electron chi connectivity index (χ4n) is 4.14. The zero-order valence-corrected chi connectivity index (χ0v) is 19.6. The predicted molar refractivity (Wildman–Crippen MR) is 128 cm³/mol. The van der Waals surface area contributed by atoms with Crippen molar-refractivity contribution in [3.05, 3.63) is 70.8 Å². The van der Waals surface area contributed by atoms with Gasteiger partial charge in [0.25, 0.3) is 0 Å². The molecule has 0 aromatic heterocycles. The number of likely N-dealkylation sites (N-methyl/N-ethyl adjacent to an activating group) is 1. The lowest BCUT2D eigenvalue weighted by atomic mass is 10.0. The average Bonchev–Trinajstić information content (AvgIpc) is 2.79. The number of carbonyl (C=O) groups is 2. The number of amides is 2. The van der Waals surface area contributed by atoms with E-state index < -0.39 is 0 Å². The average molecular weight is 437 g/mol. The molecule has 2 amide bonds. The van der Waals surface area contributed by atoms with Crippen LogP contribution in [0.3, 0.4) is 0 Å². The molecule has 6 heteroatoms. The maximum atomic E-state index is 12.7. The van der Waals surface area contributed by atoms with Crippen LogP contribution in [0.1, 0.15) is 48.6 Å². The largest absolute Gasteiger partial charge is 0.352 e. The van der Waals surface area contributed by atoms with Crippen LogP contribution in [0.2, 0.25) is 0 Å². The standard InChI is InChI=1S/C26H36N4O2/c1-4-29-13-15-30(16-14-29)19-24-8-6-5-7-23(24)18-27-26(32)17-25(28-21(3)31)22-11-9-20(2)10-12-22/h5-12,25H,4,13-19H2,1-3H3,(H,27,32)(H,28,31). The Morgan fingerprint density at radius 2 is 1.56 bits per heavy atom. The van der Waals surface area contributed by atoms with Crippen molar-refractivity contribution in [2.75, 3.05) is 32.7 Å². The lowest BCUT2D eigenvalue weighted by molar-refractivity contribution is -0.122. The van der Waals surface area contributed by atoms with Gasteiger partial charge in [-0.3, -0.25) is 14.5 Å². The van der Waals surface area contributed by atoms with Gasteiger partial charge in [0, 0.05) is 46.2 Å². The first-order chi connectivity index (χ1) is 15.4. The van der Waals surface area contributed by atoms with E-state index in [1.807, 2.05) is 37.3 Å². The predicted octanol–water partition coefficient (Wildman–Crippen LogP) is 3.02. The highest BCUT2D eigenvalue weighted by atomic mass is 16.2. The first kappa shape index (κ1) is 24.0. The van der Waals surface area contributed by atoms with Gasteiger partial charge < -0.3 is 15.5 Å². The third kappa shape index (κ3) is 7.18. The number of hydrogen-bond acceptors (Lipinski definition) is 4. The van der Waals surface area contributed by atoms with E-state index in [-0.39, 0.29) is 24.3 Å². The van der Waals surface area contributed by atoms with Crippen molar-refractivity contribution < 1.29 is 9.59 Å². The number of piperazine rings is 1. The monoisotopic (exact) mass is 436 g/mol. The Morgan fingerprint density at radius 1 is 0.938 bits per heavy atom. The van der Waals surface area contributed by atoms with Crippen LogP contribution in [-0.4, -0.2) is 54.3 Å². The summed E-state index contributed by atoms with van der Waals surface area (Å²) in [7, 11) is 0. The Balaban J connectivity index is 1.58. The van der Waals surface area contributed by atoms with Crippen molar-refractivity contribution in [3.63, 3.8) is 0 Å². The topological polar surface area (TPSA) is 64.7 Å². The maximum Gasteiger partial charge on any atom is 0.222 e. The molecule has 0 saturated carbocycles. The summed E-state index contributed by atoms with van der Waals surface area (Å²) in [6.07, 6.45) is 0.212. The summed E-state index contributed by atoms with van der Waals surface area (Å²) in [5, 5.41) is 5.97. The third-order valence-electron chi connectivity index (χ3n) is 6.15. The molecule has 1 unspecified atom stereocenters. The van der Waals surface area contributed by atoms with Crippen molar-refractivity contribution in [2.24, 2.45) is 0 Å². The molecular weight excluding hydrogens is 400 g/mol. The molecule has 1 heterocycles. The van der Waals surface area contributed by atoms with Gasteiger partial charge in [0.1, 0.15) is 0 Å². The maximum absolute atomic E-state index is 12.7. The highest BCUT2D eigenvalue weighted by molar-refractivity contribution is 5.79. The summed E-state index contributed by atoms with van der Waals surface area (Å²) in [4.78, 5) is 29.4. The second-order valence-corrected chi connectivity index (χ2v) is 8.62. The van der Waals surface area contributed by atoms with Crippen molar-refractivity contribution in [1.29, 1.82) is 0 Å². The van der Waals surface area contributed by atoms with Crippen LogP contribution in [0.4, 0.5) is 0 Å². The molecular formula is C26H36N4O2. The normalized spacial score (nSPS) is 15.8. The van der Waals surface area contributed by atoms with Crippen LogP contribution in [0.15, 0.2) is 48.5 Å². The summed E-state index contributed by atoms with van der Waals surface area (Å²) in [6, 6.07) is 15.9. The van der Waals surface area contributed by atoms with E-state index in [4.69, 9.17) is 0 Å². The molecule has 2 N–H and O–H groups in total. The smallest absolute Gasteiger partial charge is 0.222 e. The summed E-state index contributed by atoms with van der Waals surface area (Å²) < 4.78 is 0. The van der Waals surface area contributed by atoms with Crippen LogP contribution < -0.4 is 10.6 Å². The molecule has 32 heavy (non-hydrogen) atoms. The van der Waals surface area contributed by atoms with Crippen LogP contribution in [-0.2, 0) is 22.7 Å². The molecule has 0 radical (unpaired) electrons. The number of nitrogens with zero attached hydrogens (tertiary/aromatic N) is 2. The van der Waals surface area contributed by atoms with E-state index in [0.717, 1.165) is 56.0 Å². The fourth-order valence-corrected chi connectivity index (χ4v) is 4.14. The molecule has 6 nitrogen and oxygen atoms in total. The first-order valence-corrected chi connectivity index (χ1v) is 11.6. The van der Waals surface area contributed by atoms with Gasteiger partial charge in [0.2, 0.25) is 11.8 Å². The fraction of sp³-hybridized carbons (Fsp3) is 0.462. The molecule has 0 bridgehead atoms. The number of aryl methyl sites for hydroxylation is 1. The van der Waals surface area contributed by atoms with Crippen molar-refractivity contribution >= 4 is 11.8 Å². The quantitative estimate of drug-likeness (QED) is 0.634. The molecule has 2 aromatic rings. The SMILES string of the molecule is CCN1CCN(Cc2ccccc2CNC(=O)CC(NC(C)=O)c2ccc(C)cc2)CC1. The second-order valence-electron chi connectivity index (χ2n) is 8.62. The van der Waals surface area contributed by atoms with Gasteiger partial charge in [-0.1, -0.05) is 61.0 Å². The van der Waals surface area contributed by atoms with E-state index in [0.29, 0.717) is 6.54 Å². The molecule has 1 fully saturated rings. The number of hydrogen-bond donors (Lipinski definition) is 2. The summed E-state index contributed by atoms with van der Waals surface area (Å²) in [5.41, 5.74) is 4.49. The number of benzene rings is 2. The van der Waals surface area contributed by atoms with Crippen molar-refractivity contribution in [2.45, 2.75) is 46.3 Å². The van der Waals surface area contributed by atoms with Gasteiger partial charge in [-0.2, -0.15) is 0 Å². The Labute approximate surface area is 192 Å². The molecule has 1 aliphatic heterocycles. The zero-order valence-electron chi connectivity index (χ0n) is 19.6. The lowest BCUT2D eigenvalue weighted by Crippen LogP contribution is -2.45. The molecule has 3 rings (SSSR count). The van der Waals surface area contributed by atoms with Gasteiger partial charge in [-0.25, -0.2) is 0 Å². The number of carbonyl (C=O) groups excluding carboxylic acids is 2. The van der Waals surface area contributed by atoms with Gasteiger partial charge >= 0.3 is 0 Å². The summed E-state index contributed by atoms with van der Waals surface area (Å²) in [6.45, 7) is 12.6. The van der Waals surface area contributed by atoms with E-state index in [1.54, 1.807) is 0 Å². The van der Waals surface area contributed by atoms with Gasteiger partial charge in [-0.05, 0) is 30.2 Å². The van der Waals surface area contributed by atoms with Crippen LogP contribution in [0.5, 0.6) is 0 Å². The zero-order chi connectivity index (χ0) is 22.9. The van der Waals surface area contributed by atoms with E-state index in [2.05, 4.69) is 45.6 Å². The van der Waals surface area contributed by atoms with Gasteiger partial charge in [0.05, 0.1) is 12.5 Å². The van der Waals surface area contributed by atoms with E-state index in [9.17, 15) is 9.59 Å². The summed E-state index contributed by atoms with van der Waals surface area (Å²) in [5.74, 6) is -0.215. The molecule has 1 aliphatic rings. The van der Waals surface area contributed by atoms with Gasteiger partial charge in [-0.15, -0.1) is 0 Å². The van der Waals surface area contributed by atoms with Crippen molar-refractivity contribution in [1.82, 2.24) is 20.4 Å². The van der Waals surface area contributed by atoms with Crippen LogP contribution in [0.25, 0.3) is 0 Å². The van der Waals surface area contributed by atoms with E-state index >= 15 is 0 Å². The molecule has 172 valence electrons. The molecule has 2 aromatic carbocycles. The minimum absolute atomic E-state index is 0.0734. The minimum Gasteiger partial charge on any atom is -0.352 e. The van der Waals surface area contributed by atoms with Crippen molar-refractivity contribution in [3.8, 4) is 0 Å². The molecule has 1 saturated heterocycles. The highest BCUT2D eigenvalue weighted by Crippen LogP contribution is 2.18. The third-order valence-corrected chi connectivity index (χ3v) is 6.15. The summed E-state index contributed by atoms with van der Waals surface area (Å²) >= 11 is 0. The molecule has 1 atom stereocenters. The van der Waals surface area contributed by atoms with Crippen LogP contribution >= 0.6 is 0 Å². The Morgan fingerprint density at radius 3 is 2.19 bits per heavy atom. The Kier molecular flexibility index (Phi) is 8.82. The number of nitrogens with one attached hydrogen (secondary N) is 2.